The molecule has 0 saturated heterocycles. The molecule has 1 aromatic carbocycles. The summed E-state index contributed by atoms with van der Waals surface area (Å²) in [5.41, 5.74) is 7.29. The quantitative estimate of drug-likeness (QED) is 0.804. The molecule has 0 radical (unpaired) electrons. The van der Waals surface area contributed by atoms with Crippen molar-refractivity contribution in [3.05, 3.63) is 35.1 Å². The van der Waals surface area contributed by atoms with Gasteiger partial charge in [-0.15, -0.1) is 0 Å². The lowest BCUT2D eigenvalue weighted by molar-refractivity contribution is 0.236. The third-order valence-corrected chi connectivity index (χ3v) is 3.43. The van der Waals surface area contributed by atoms with Crippen molar-refractivity contribution in [1.82, 2.24) is 4.90 Å². The van der Waals surface area contributed by atoms with Gasteiger partial charge in [0.05, 0.1) is 0 Å². The molecule has 0 fully saturated rings. The summed E-state index contributed by atoms with van der Waals surface area (Å²) >= 11 is 5.00. The number of nitrogens with two attached hydrogens (primary N) is 1. The van der Waals surface area contributed by atoms with Gasteiger partial charge in [-0.1, -0.05) is 25.6 Å². The molecule has 1 rings (SSSR count). The lowest BCUT2D eigenvalue weighted by Crippen LogP contribution is -2.29. The zero-order valence-corrected chi connectivity index (χ0v) is 12.1. The first-order chi connectivity index (χ1) is 8.45. The van der Waals surface area contributed by atoms with E-state index < -0.39 is 0 Å². The van der Waals surface area contributed by atoms with Crippen molar-refractivity contribution in [1.29, 1.82) is 0 Å². The Kier molecular flexibility index (Phi) is 5.69. The number of nitrogens with zero attached hydrogens (tertiary/aromatic N) is 1. The topological polar surface area (TPSA) is 29.3 Å². The Morgan fingerprint density at radius 3 is 2.72 bits per heavy atom. The van der Waals surface area contributed by atoms with Crippen LogP contribution in [0.3, 0.4) is 0 Å². The molecule has 2 nitrogen and oxygen atoms in total. The summed E-state index contributed by atoms with van der Waals surface area (Å²) < 4.78 is 13.3. The minimum atomic E-state index is -0.249. The molecule has 1 aromatic rings. The summed E-state index contributed by atoms with van der Waals surface area (Å²) in [6.45, 7) is 4.99. The molecule has 0 heterocycles. The average molecular weight is 268 g/mol. The van der Waals surface area contributed by atoms with Crippen molar-refractivity contribution in [3.8, 4) is 0 Å². The summed E-state index contributed by atoms with van der Waals surface area (Å²) in [5, 5.41) is 0. The van der Waals surface area contributed by atoms with Gasteiger partial charge in [-0.25, -0.2) is 4.39 Å². The first-order valence-corrected chi connectivity index (χ1v) is 6.65. The van der Waals surface area contributed by atoms with Crippen molar-refractivity contribution in [3.63, 3.8) is 0 Å². The Morgan fingerprint density at radius 1 is 1.50 bits per heavy atom. The molecule has 0 saturated carbocycles. The second-order valence-electron chi connectivity index (χ2n) is 4.72. The van der Waals surface area contributed by atoms with Gasteiger partial charge in [-0.3, -0.25) is 4.90 Å². The molecule has 0 aliphatic heterocycles. The molecule has 0 amide bonds. The SMILES string of the molecule is CCCC(C)N(C)Cc1cc(F)ccc1C(N)=S. The molecule has 18 heavy (non-hydrogen) atoms. The number of rotatable bonds is 6. The van der Waals surface area contributed by atoms with Gasteiger partial charge >= 0.3 is 0 Å². The van der Waals surface area contributed by atoms with Gasteiger partial charge < -0.3 is 5.73 Å². The Labute approximate surface area is 114 Å². The van der Waals surface area contributed by atoms with E-state index in [0.29, 0.717) is 17.6 Å². The van der Waals surface area contributed by atoms with Crippen molar-refractivity contribution in [2.45, 2.75) is 39.3 Å². The van der Waals surface area contributed by atoms with Crippen LogP contribution in [0.2, 0.25) is 0 Å². The highest BCUT2D eigenvalue weighted by Gasteiger charge is 2.13. The Morgan fingerprint density at radius 2 is 2.17 bits per heavy atom. The standard InChI is InChI=1S/C14H21FN2S/c1-4-5-10(2)17(3)9-11-8-12(15)6-7-13(11)14(16)18/h6-8,10H,4-5,9H2,1-3H3,(H2,16,18). The molecule has 0 aromatic heterocycles. The van der Waals surface area contributed by atoms with E-state index in [0.717, 1.165) is 24.0 Å². The Hall–Kier alpha value is -1.00. The highest BCUT2D eigenvalue weighted by molar-refractivity contribution is 7.80. The lowest BCUT2D eigenvalue weighted by atomic mass is 10.1. The molecule has 100 valence electrons. The fourth-order valence-corrected chi connectivity index (χ4v) is 2.20. The molecule has 0 spiro atoms. The molecule has 4 heteroatoms. The summed E-state index contributed by atoms with van der Waals surface area (Å²) in [6.07, 6.45) is 2.25. The van der Waals surface area contributed by atoms with E-state index in [9.17, 15) is 4.39 Å². The third-order valence-electron chi connectivity index (χ3n) is 3.21. The highest BCUT2D eigenvalue weighted by Crippen LogP contribution is 2.16. The minimum absolute atomic E-state index is 0.249. The highest BCUT2D eigenvalue weighted by atomic mass is 32.1. The van der Waals surface area contributed by atoms with Crippen LogP contribution >= 0.6 is 12.2 Å². The van der Waals surface area contributed by atoms with E-state index in [4.69, 9.17) is 18.0 Å². The largest absolute Gasteiger partial charge is 0.389 e. The predicted octanol–water partition coefficient (Wildman–Crippen LogP) is 3.08. The Bertz CT molecular complexity index is 420. The van der Waals surface area contributed by atoms with E-state index in [-0.39, 0.29) is 5.82 Å². The van der Waals surface area contributed by atoms with Crippen molar-refractivity contribution >= 4 is 17.2 Å². The van der Waals surface area contributed by atoms with Gasteiger partial charge in [0.25, 0.3) is 0 Å². The van der Waals surface area contributed by atoms with Crippen molar-refractivity contribution in [2.75, 3.05) is 7.05 Å². The molecule has 1 atom stereocenters. The van der Waals surface area contributed by atoms with Gasteiger partial charge in [-0.05, 0) is 44.2 Å². The van der Waals surface area contributed by atoms with Crippen LogP contribution in [0.15, 0.2) is 18.2 Å². The van der Waals surface area contributed by atoms with Crippen LogP contribution in [-0.2, 0) is 6.54 Å². The molecule has 2 N–H and O–H groups in total. The molecule has 0 bridgehead atoms. The summed E-state index contributed by atoms with van der Waals surface area (Å²) in [6, 6.07) is 5.03. The minimum Gasteiger partial charge on any atom is -0.389 e. The molecule has 0 aliphatic rings. The van der Waals surface area contributed by atoms with Crippen LogP contribution in [0.5, 0.6) is 0 Å². The smallest absolute Gasteiger partial charge is 0.123 e. The van der Waals surface area contributed by atoms with Gasteiger partial charge in [0, 0.05) is 18.2 Å². The van der Waals surface area contributed by atoms with E-state index in [1.165, 1.54) is 12.1 Å². The normalized spacial score (nSPS) is 12.7. The van der Waals surface area contributed by atoms with Crippen LogP contribution in [0.25, 0.3) is 0 Å². The number of hydrogen-bond acceptors (Lipinski definition) is 2. The van der Waals surface area contributed by atoms with E-state index in [2.05, 4.69) is 18.7 Å². The summed E-state index contributed by atoms with van der Waals surface area (Å²) in [4.78, 5) is 2.52. The van der Waals surface area contributed by atoms with Gasteiger partial charge in [0.1, 0.15) is 10.8 Å². The van der Waals surface area contributed by atoms with Gasteiger partial charge in [0.2, 0.25) is 0 Å². The van der Waals surface area contributed by atoms with Crippen LogP contribution < -0.4 is 5.73 Å². The van der Waals surface area contributed by atoms with Crippen molar-refractivity contribution < 1.29 is 4.39 Å². The number of halogens is 1. The van der Waals surface area contributed by atoms with E-state index >= 15 is 0 Å². The maximum absolute atomic E-state index is 13.3. The first kappa shape index (κ1) is 15.1. The van der Waals surface area contributed by atoms with E-state index in [1.54, 1.807) is 6.07 Å². The van der Waals surface area contributed by atoms with Gasteiger partial charge in [-0.2, -0.15) is 0 Å². The average Bonchev–Trinajstić information content (AvgIpc) is 2.28. The second kappa shape index (κ2) is 6.81. The monoisotopic (exact) mass is 268 g/mol. The first-order valence-electron chi connectivity index (χ1n) is 6.24. The summed E-state index contributed by atoms with van der Waals surface area (Å²) in [7, 11) is 2.04. The van der Waals surface area contributed by atoms with Crippen LogP contribution in [0.1, 0.15) is 37.8 Å². The summed E-state index contributed by atoms with van der Waals surface area (Å²) in [5.74, 6) is -0.249. The molecular formula is C14H21FN2S. The van der Waals surface area contributed by atoms with Crippen LogP contribution in [-0.4, -0.2) is 23.0 Å². The zero-order valence-electron chi connectivity index (χ0n) is 11.2. The predicted molar refractivity (Wildman–Crippen MR) is 78.1 cm³/mol. The number of thiocarbonyl (C=S) groups is 1. The molecule has 1 unspecified atom stereocenters. The third kappa shape index (κ3) is 4.03. The number of benzene rings is 1. The zero-order chi connectivity index (χ0) is 13.7. The molecular weight excluding hydrogens is 247 g/mol. The van der Waals surface area contributed by atoms with Crippen LogP contribution in [0, 0.1) is 5.82 Å². The molecule has 0 aliphatic carbocycles. The maximum Gasteiger partial charge on any atom is 0.123 e. The fourth-order valence-electron chi connectivity index (χ4n) is 2.00. The van der Waals surface area contributed by atoms with Crippen LogP contribution in [0.4, 0.5) is 4.39 Å². The van der Waals surface area contributed by atoms with Crippen molar-refractivity contribution in [2.24, 2.45) is 5.73 Å². The second-order valence-corrected chi connectivity index (χ2v) is 5.16. The van der Waals surface area contributed by atoms with E-state index in [1.807, 2.05) is 7.05 Å². The number of hydrogen-bond donors (Lipinski definition) is 1. The maximum atomic E-state index is 13.3. The van der Waals surface area contributed by atoms with Gasteiger partial charge in [0.15, 0.2) is 0 Å². The lowest BCUT2D eigenvalue weighted by Gasteiger charge is -2.25. The Balaban J connectivity index is 2.88. The fraction of sp³-hybridized carbons (Fsp3) is 0.500.